The summed E-state index contributed by atoms with van der Waals surface area (Å²) in [7, 11) is 0.409. The van der Waals surface area contributed by atoms with Gasteiger partial charge in [0.15, 0.2) is 11.5 Å². The van der Waals surface area contributed by atoms with E-state index in [1.807, 2.05) is 0 Å². The Morgan fingerprint density at radius 3 is 2.12 bits per heavy atom. The fourth-order valence-corrected chi connectivity index (χ4v) is 3.51. The lowest BCUT2D eigenvalue weighted by Gasteiger charge is -2.18. The molecule has 0 saturated carbocycles. The monoisotopic (exact) mass is 371 g/mol. The van der Waals surface area contributed by atoms with Crippen molar-refractivity contribution in [2.45, 2.75) is 11.3 Å². The minimum atomic E-state index is -3.99. The molecule has 0 amide bonds. The molecule has 0 heterocycles. The van der Waals surface area contributed by atoms with Gasteiger partial charge in [0.1, 0.15) is 11.6 Å². The maximum absolute atomic E-state index is 13.3. The number of hydrogen-bond acceptors (Lipinski definition) is 4. The van der Waals surface area contributed by atoms with Crippen molar-refractivity contribution in [2.24, 2.45) is 0 Å². The van der Waals surface area contributed by atoms with Crippen molar-refractivity contribution < 1.29 is 26.7 Å². The van der Waals surface area contributed by atoms with Crippen molar-refractivity contribution in [3.8, 4) is 11.5 Å². The van der Waals surface area contributed by atoms with Crippen LogP contribution in [0.25, 0.3) is 0 Å². The second-order valence-corrected chi connectivity index (χ2v) is 7.42. The predicted octanol–water partition coefficient (Wildman–Crippen LogP) is 2.85. The largest absolute Gasteiger partial charge is 0.493 e. The Kier molecular flexibility index (Phi) is 5.97. The molecule has 2 rings (SSSR count). The van der Waals surface area contributed by atoms with Gasteiger partial charge in [-0.05, 0) is 36.2 Å². The number of ether oxygens (including phenoxy) is 2. The summed E-state index contributed by atoms with van der Waals surface area (Å²) in [5, 5.41) is 0. The molecular weight excluding hydrogens is 352 g/mol. The number of sulfonamides is 1. The van der Waals surface area contributed by atoms with E-state index in [0.29, 0.717) is 24.0 Å². The van der Waals surface area contributed by atoms with Gasteiger partial charge >= 0.3 is 0 Å². The van der Waals surface area contributed by atoms with E-state index in [1.165, 1.54) is 21.3 Å². The number of halogens is 2. The van der Waals surface area contributed by atoms with Crippen LogP contribution >= 0.6 is 0 Å². The zero-order chi connectivity index (χ0) is 18.6. The molecule has 0 N–H and O–H groups in total. The second kappa shape index (κ2) is 7.79. The minimum Gasteiger partial charge on any atom is -0.493 e. The highest BCUT2D eigenvalue weighted by Crippen LogP contribution is 2.28. The van der Waals surface area contributed by atoms with Gasteiger partial charge in [-0.15, -0.1) is 0 Å². The molecule has 136 valence electrons. The van der Waals surface area contributed by atoms with E-state index in [0.717, 1.165) is 22.0 Å². The summed E-state index contributed by atoms with van der Waals surface area (Å²) in [5.41, 5.74) is 0.838. The standard InChI is InChI=1S/C17H19F2NO4S/c1-20(25(21,22)15-10-13(18)9-14(19)11-15)7-6-12-4-5-16(23-2)17(8-12)24-3/h4-5,8-11H,6-7H2,1-3H3. The zero-order valence-corrected chi connectivity index (χ0v) is 14.9. The molecule has 0 aromatic heterocycles. The lowest BCUT2D eigenvalue weighted by molar-refractivity contribution is 0.354. The summed E-state index contributed by atoms with van der Waals surface area (Å²) in [5.74, 6) is -0.765. The summed E-state index contributed by atoms with van der Waals surface area (Å²) < 4.78 is 62.8. The molecule has 0 spiro atoms. The number of hydrogen-bond donors (Lipinski definition) is 0. The topological polar surface area (TPSA) is 55.8 Å². The molecule has 0 radical (unpaired) electrons. The van der Waals surface area contributed by atoms with E-state index < -0.39 is 26.6 Å². The highest BCUT2D eigenvalue weighted by atomic mass is 32.2. The van der Waals surface area contributed by atoms with E-state index in [1.54, 1.807) is 18.2 Å². The molecule has 0 bridgehead atoms. The van der Waals surface area contributed by atoms with Crippen LogP contribution in [0.2, 0.25) is 0 Å². The molecule has 2 aromatic carbocycles. The Morgan fingerprint density at radius 2 is 1.56 bits per heavy atom. The van der Waals surface area contributed by atoms with Crippen LogP contribution in [0.4, 0.5) is 8.78 Å². The Hall–Kier alpha value is -2.19. The normalized spacial score (nSPS) is 11.6. The molecule has 2 aromatic rings. The lowest BCUT2D eigenvalue weighted by atomic mass is 10.1. The van der Waals surface area contributed by atoms with Crippen LogP contribution in [0, 0.1) is 11.6 Å². The average Bonchev–Trinajstić information content (AvgIpc) is 2.58. The first-order chi connectivity index (χ1) is 11.8. The van der Waals surface area contributed by atoms with Crippen molar-refractivity contribution >= 4 is 10.0 Å². The van der Waals surface area contributed by atoms with E-state index in [-0.39, 0.29) is 6.54 Å². The van der Waals surface area contributed by atoms with Crippen molar-refractivity contribution in [1.29, 1.82) is 0 Å². The van der Waals surface area contributed by atoms with Crippen molar-refractivity contribution in [3.05, 3.63) is 53.6 Å². The summed E-state index contributed by atoms with van der Waals surface area (Å²) in [4.78, 5) is -0.417. The zero-order valence-electron chi connectivity index (χ0n) is 14.1. The second-order valence-electron chi connectivity index (χ2n) is 5.37. The Balaban J connectivity index is 2.15. The Labute approximate surface area is 145 Å². The highest BCUT2D eigenvalue weighted by molar-refractivity contribution is 7.89. The number of benzene rings is 2. The third-order valence-electron chi connectivity index (χ3n) is 3.71. The van der Waals surface area contributed by atoms with Gasteiger partial charge in [-0.25, -0.2) is 21.5 Å². The fourth-order valence-electron chi connectivity index (χ4n) is 2.30. The van der Waals surface area contributed by atoms with Crippen molar-refractivity contribution in [1.82, 2.24) is 4.31 Å². The number of likely N-dealkylation sites (N-methyl/N-ethyl adjacent to an activating group) is 1. The van der Waals surface area contributed by atoms with Gasteiger partial charge in [-0.1, -0.05) is 6.07 Å². The van der Waals surface area contributed by atoms with Crippen LogP contribution in [-0.4, -0.2) is 40.5 Å². The van der Waals surface area contributed by atoms with Crippen LogP contribution in [0.1, 0.15) is 5.56 Å². The van der Waals surface area contributed by atoms with Crippen LogP contribution in [0.5, 0.6) is 11.5 Å². The Morgan fingerprint density at radius 1 is 0.960 bits per heavy atom. The SMILES string of the molecule is COc1ccc(CCN(C)S(=O)(=O)c2cc(F)cc(F)c2)cc1OC. The van der Waals surface area contributed by atoms with E-state index in [2.05, 4.69) is 0 Å². The van der Waals surface area contributed by atoms with Gasteiger partial charge in [0.25, 0.3) is 0 Å². The van der Waals surface area contributed by atoms with Gasteiger partial charge in [0.05, 0.1) is 19.1 Å². The molecule has 5 nitrogen and oxygen atoms in total. The first-order valence-electron chi connectivity index (χ1n) is 7.41. The molecule has 25 heavy (non-hydrogen) atoms. The van der Waals surface area contributed by atoms with Crippen LogP contribution in [0.15, 0.2) is 41.3 Å². The number of methoxy groups -OCH3 is 2. The minimum absolute atomic E-state index is 0.135. The van der Waals surface area contributed by atoms with Gasteiger partial charge in [-0.3, -0.25) is 0 Å². The Bertz CT molecular complexity index is 835. The first-order valence-corrected chi connectivity index (χ1v) is 8.85. The van der Waals surface area contributed by atoms with Gasteiger partial charge < -0.3 is 9.47 Å². The molecule has 0 saturated heterocycles. The maximum Gasteiger partial charge on any atom is 0.243 e. The molecule has 0 aliphatic heterocycles. The van der Waals surface area contributed by atoms with Crippen LogP contribution in [-0.2, 0) is 16.4 Å². The van der Waals surface area contributed by atoms with Crippen molar-refractivity contribution in [2.75, 3.05) is 27.8 Å². The molecule has 0 aliphatic rings. The maximum atomic E-state index is 13.3. The van der Waals surface area contributed by atoms with Gasteiger partial charge in [0, 0.05) is 19.7 Å². The van der Waals surface area contributed by atoms with E-state index >= 15 is 0 Å². The molecule has 8 heteroatoms. The summed E-state index contributed by atoms with van der Waals surface area (Å²) in [6.45, 7) is 0.135. The quantitative estimate of drug-likeness (QED) is 0.751. The van der Waals surface area contributed by atoms with E-state index in [9.17, 15) is 17.2 Å². The third-order valence-corrected chi connectivity index (χ3v) is 5.54. The third kappa shape index (κ3) is 4.46. The average molecular weight is 371 g/mol. The summed E-state index contributed by atoms with van der Waals surface area (Å²) in [6, 6.07) is 7.49. The first kappa shape index (κ1) is 19.1. The smallest absolute Gasteiger partial charge is 0.243 e. The van der Waals surface area contributed by atoms with E-state index in [4.69, 9.17) is 9.47 Å². The predicted molar refractivity (Wildman–Crippen MR) is 89.4 cm³/mol. The fraction of sp³-hybridized carbons (Fsp3) is 0.294. The molecule has 0 atom stereocenters. The summed E-state index contributed by atoms with van der Waals surface area (Å²) in [6.07, 6.45) is 0.397. The number of rotatable bonds is 7. The highest BCUT2D eigenvalue weighted by Gasteiger charge is 2.22. The summed E-state index contributed by atoms with van der Waals surface area (Å²) >= 11 is 0. The van der Waals surface area contributed by atoms with Gasteiger partial charge in [0.2, 0.25) is 10.0 Å². The molecule has 0 aliphatic carbocycles. The van der Waals surface area contributed by atoms with Gasteiger partial charge in [-0.2, -0.15) is 0 Å². The molecule has 0 unspecified atom stereocenters. The molecule has 0 fully saturated rings. The van der Waals surface area contributed by atoms with Crippen LogP contribution < -0.4 is 9.47 Å². The van der Waals surface area contributed by atoms with Crippen LogP contribution in [0.3, 0.4) is 0 Å². The number of nitrogens with zero attached hydrogens (tertiary/aromatic N) is 1. The lowest BCUT2D eigenvalue weighted by Crippen LogP contribution is -2.29. The molecular formula is C17H19F2NO4S. The van der Waals surface area contributed by atoms with Crippen molar-refractivity contribution in [3.63, 3.8) is 0 Å².